The molecule has 0 aromatic heterocycles. The molecule has 3 rings (SSSR count). The largest absolute Gasteiger partial charge is 0.380 e. The quantitative estimate of drug-likeness (QED) is 0.634. The third-order valence-corrected chi connectivity index (χ3v) is 5.60. The number of nitro benzene ring substituents is 1. The van der Waals surface area contributed by atoms with E-state index in [1.165, 1.54) is 0 Å². The van der Waals surface area contributed by atoms with Gasteiger partial charge in [0.25, 0.3) is 5.69 Å². The van der Waals surface area contributed by atoms with Gasteiger partial charge in [0, 0.05) is 48.4 Å². The molecule has 0 amide bonds. The zero-order chi connectivity index (χ0) is 14.8. The molecular formula is C15H20N2O3S. The number of nitrogens with zero attached hydrogens (tertiary/aromatic N) is 2. The van der Waals surface area contributed by atoms with Crippen molar-refractivity contribution in [1.29, 1.82) is 0 Å². The number of hydrogen-bond donors (Lipinski definition) is 0. The Morgan fingerprint density at radius 3 is 3.19 bits per heavy atom. The summed E-state index contributed by atoms with van der Waals surface area (Å²) in [6, 6.07) is 6.13. The van der Waals surface area contributed by atoms with Crippen molar-refractivity contribution >= 4 is 17.4 Å². The van der Waals surface area contributed by atoms with Crippen LogP contribution in [0.15, 0.2) is 18.2 Å². The van der Waals surface area contributed by atoms with E-state index < -0.39 is 0 Å². The lowest BCUT2D eigenvalue weighted by atomic mass is 10.0. The lowest BCUT2D eigenvalue weighted by molar-refractivity contribution is -0.385. The minimum absolute atomic E-state index is 0.224. The molecule has 0 unspecified atom stereocenters. The highest BCUT2D eigenvalue weighted by atomic mass is 32.2. The molecule has 114 valence electrons. The maximum Gasteiger partial charge on any atom is 0.272 e. The van der Waals surface area contributed by atoms with Gasteiger partial charge in [0.1, 0.15) is 0 Å². The van der Waals surface area contributed by atoms with Crippen molar-refractivity contribution in [3.63, 3.8) is 0 Å². The molecule has 0 bridgehead atoms. The number of thioether (sulfide) groups is 1. The van der Waals surface area contributed by atoms with Crippen LogP contribution >= 0.6 is 11.8 Å². The van der Waals surface area contributed by atoms with Crippen LogP contribution in [0.2, 0.25) is 0 Å². The number of hydrogen-bond acceptors (Lipinski definition) is 5. The molecule has 1 aromatic carbocycles. The summed E-state index contributed by atoms with van der Waals surface area (Å²) >= 11 is 2.00. The van der Waals surface area contributed by atoms with Gasteiger partial charge >= 0.3 is 0 Å². The maximum atomic E-state index is 11.1. The van der Waals surface area contributed by atoms with Crippen LogP contribution in [0.4, 0.5) is 5.69 Å². The monoisotopic (exact) mass is 308 g/mol. The Hall–Kier alpha value is -1.11. The molecule has 1 aromatic rings. The molecule has 2 fully saturated rings. The predicted molar refractivity (Wildman–Crippen MR) is 83.7 cm³/mol. The summed E-state index contributed by atoms with van der Waals surface area (Å²) in [7, 11) is 0. The Kier molecular flexibility index (Phi) is 4.47. The van der Waals surface area contributed by atoms with Crippen LogP contribution in [-0.4, -0.2) is 46.6 Å². The van der Waals surface area contributed by atoms with E-state index in [-0.39, 0.29) is 10.6 Å². The van der Waals surface area contributed by atoms with Crippen molar-refractivity contribution in [2.24, 2.45) is 0 Å². The molecule has 6 heteroatoms. The van der Waals surface area contributed by atoms with Crippen molar-refractivity contribution in [3.8, 4) is 0 Å². The van der Waals surface area contributed by atoms with Gasteiger partial charge in [0.05, 0.1) is 11.5 Å². The first-order valence-corrected chi connectivity index (χ1v) is 8.37. The van der Waals surface area contributed by atoms with Crippen LogP contribution in [-0.2, 0) is 11.3 Å². The molecule has 0 N–H and O–H groups in total. The lowest BCUT2D eigenvalue weighted by Crippen LogP contribution is -2.51. The molecule has 5 nitrogen and oxygen atoms in total. The number of aryl methyl sites for hydroxylation is 1. The average molecular weight is 308 g/mol. The predicted octanol–water partition coefficient (Wildman–Crippen LogP) is 2.61. The lowest BCUT2D eigenvalue weighted by Gasteiger charge is -2.43. The molecular weight excluding hydrogens is 288 g/mol. The maximum absolute atomic E-state index is 11.1. The molecule has 0 saturated carbocycles. The number of fused-ring (bicyclic) bond motifs is 1. The molecule has 0 spiro atoms. The summed E-state index contributed by atoms with van der Waals surface area (Å²) in [6.07, 6.45) is 1.06. The Labute approximate surface area is 128 Å². The second kappa shape index (κ2) is 6.34. The van der Waals surface area contributed by atoms with Crippen LogP contribution in [0.5, 0.6) is 0 Å². The summed E-state index contributed by atoms with van der Waals surface area (Å²) in [6.45, 7) is 5.29. The van der Waals surface area contributed by atoms with E-state index in [2.05, 4.69) is 4.90 Å². The summed E-state index contributed by atoms with van der Waals surface area (Å²) in [4.78, 5) is 13.2. The highest BCUT2D eigenvalue weighted by Gasteiger charge is 2.34. The molecule has 0 radical (unpaired) electrons. The summed E-state index contributed by atoms with van der Waals surface area (Å²) in [5.41, 5.74) is 1.98. The molecule has 2 aliphatic heterocycles. The first kappa shape index (κ1) is 14.8. The van der Waals surface area contributed by atoms with Gasteiger partial charge in [0.2, 0.25) is 0 Å². The first-order chi connectivity index (χ1) is 10.1. The fraction of sp³-hybridized carbons (Fsp3) is 0.600. The molecule has 2 heterocycles. The number of nitro groups is 1. The van der Waals surface area contributed by atoms with E-state index in [9.17, 15) is 10.1 Å². The van der Waals surface area contributed by atoms with Crippen LogP contribution in [0, 0.1) is 17.0 Å². The average Bonchev–Trinajstić information content (AvgIpc) is 2.49. The fourth-order valence-electron chi connectivity index (χ4n) is 3.15. The SMILES string of the molecule is Cc1ccc(CN2CCS[C@@H]3COCC[C@@H]32)cc1[N+](=O)[O-]. The minimum Gasteiger partial charge on any atom is -0.380 e. The van der Waals surface area contributed by atoms with Crippen molar-refractivity contribution < 1.29 is 9.66 Å². The van der Waals surface area contributed by atoms with Crippen LogP contribution in [0.25, 0.3) is 0 Å². The van der Waals surface area contributed by atoms with E-state index in [1.807, 2.05) is 23.9 Å². The van der Waals surface area contributed by atoms with Crippen LogP contribution < -0.4 is 0 Å². The zero-order valence-electron chi connectivity index (χ0n) is 12.2. The van der Waals surface area contributed by atoms with Gasteiger partial charge in [-0.2, -0.15) is 11.8 Å². The van der Waals surface area contributed by atoms with E-state index in [4.69, 9.17) is 4.74 Å². The topological polar surface area (TPSA) is 55.6 Å². The third kappa shape index (κ3) is 3.22. The molecule has 2 atom stereocenters. The van der Waals surface area contributed by atoms with Gasteiger partial charge in [-0.25, -0.2) is 0 Å². The molecule has 21 heavy (non-hydrogen) atoms. The van der Waals surface area contributed by atoms with Gasteiger partial charge in [-0.1, -0.05) is 12.1 Å². The highest BCUT2D eigenvalue weighted by Crippen LogP contribution is 2.31. The van der Waals surface area contributed by atoms with E-state index >= 15 is 0 Å². The summed E-state index contributed by atoms with van der Waals surface area (Å²) in [5, 5.41) is 11.6. The minimum atomic E-state index is -0.290. The molecule has 2 saturated heterocycles. The van der Waals surface area contributed by atoms with Crippen molar-refractivity contribution in [3.05, 3.63) is 39.4 Å². The van der Waals surface area contributed by atoms with Crippen molar-refractivity contribution in [2.75, 3.05) is 25.5 Å². The first-order valence-electron chi connectivity index (χ1n) is 7.32. The van der Waals surface area contributed by atoms with E-state index in [1.54, 1.807) is 13.0 Å². The summed E-state index contributed by atoms with van der Waals surface area (Å²) < 4.78 is 5.57. The smallest absolute Gasteiger partial charge is 0.272 e. The number of ether oxygens (including phenoxy) is 1. The van der Waals surface area contributed by atoms with Gasteiger partial charge in [-0.15, -0.1) is 0 Å². The number of benzene rings is 1. The Morgan fingerprint density at radius 1 is 1.52 bits per heavy atom. The van der Waals surface area contributed by atoms with Crippen molar-refractivity contribution in [2.45, 2.75) is 31.2 Å². The number of rotatable bonds is 3. The standard InChI is InChI=1S/C15H20N2O3S/c1-11-2-3-12(8-14(11)17(18)19)9-16-5-7-21-15-10-20-6-4-13(15)16/h2-3,8,13,15H,4-7,9-10H2,1H3/t13-,15+/m0/s1. The Morgan fingerprint density at radius 2 is 2.38 bits per heavy atom. The van der Waals surface area contributed by atoms with Gasteiger partial charge in [0.15, 0.2) is 0 Å². The van der Waals surface area contributed by atoms with Crippen LogP contribution in [0.1, 0.15) is 17.5 Å². The summed E-state index contributed by atoms with van der Waals surface area (Å²) in [5.74, 6) is 1.11. The van der Waals surface area contributed by atoms with E-state index in [0.717, 1.165) is 49.6 Å². The Balaban J connectivity index is 1.76. The van der Waals surface area contributed by atoms with Crippen LogP contribution in [0.3, 0.4) is 0 Å². The second-order valence-electron chi connectivity index (χ2n) is 5.69. The van der Waals surface area contributed by atoms with Gasteiger partial charge < -0.3 is 4.74 Å². The third-order valence-electron chi connectivity index (χ3n) is 4.30. The van der Waals surface area contributed by atoms with Gasteiger partial charge in [-0.05, 0) is 18.9 Å². The molecule has 2 aliphatic rings. The Bertz CT molecular complexity index is 536. The molecule has 0 aliphatic carbocycles. The fourth-order valence-corrected chi connectivity index (χ4v) is 4.51. The van der Waals surface area contributed by atoms with Gasteiger partial charge in [-0.3, -0.25) is 15.0 Å². The van der Waals surface area contributed by atoms with Crippen molar-refractivity contribution in [1.82, 2.24) is 4.90 Å². The highest BCUT2D eigenvalue weighted by molar-refractivity contribution is 8.00. The normalized spacial score (nSPS) is 26.3. The second-order valence-corrected chi connectivity index (χ2v) is 7.04. The van der Waals surface area contributed by atoms with E-state index in [0.29, 0.717) is 11.3 Å². The zero-order valence-corrected chi connectivity index (χ0v) is 13.0.